The van der Waals surface area contributed by atoms with E-state index < -0.39 is 11.7 Å². The molecule has 0 bridgehead atoms. The molecule has 1 unspecified atom stereocenters. The molecule has 0 spiro atoms. The van der Waals surface area contributed by atoms with Crippen LogP contribution < -0.4 is 5.73 Å². The number of piperidine rings is 1. The van der Waals surface area contributed by atoms with Crippen molar-refractivity contribution in [2.75, 3.05) is 19.6 Å². The zero-order valence-electron chi connectivity index (χ0n) is 11.4. The Morgan fingerprint density at radius 2 is 2.10 bits per heavy atom. The number of likely N-dealkylation sites (tertiary alicyclic amines) is 1. The Labute approximate surface area is 127 Å². The average Bonchev–Trinajstić information content (AvgIpc) is 2.46. The number of benzene rings is 1. The third-order valence-electron chi connectivity index (χ3n) is 3.58. The van der Waals surface area contributed by atoms with Crippen molar-refractivity contribution in [3.8, 4) is 0 Å². The monoisotopic (exact) mass is 322 g/mol. The molecular formula is C14H18ClF3N2O. The maximum Gasteiger partial charge on any atom is 0.416 e. The molecule has 0 aromatic heterocycles. The Kier molecular flexibility index (Phi) is 6.04. The summed E-state index contributed by atoms with van der Waals surface area (Å²) in [6, 6.07) is 4.56. The molecule has 21 heavy (non-hydrogen) atoms. The standard InChI is InChI=1S/C14H17F3N2O.ClH/c15-14(16,17)12-5-1-4-11(7-12)13(20)19-6-2-3-10(8-18)9-19;/h1,4-5,7,10H,2-3,6,8-9,18H2;1H. The molecule has 0 radical (unpaired) electrons. The Hall–Kier alpha value is -1.27. The highest BCUT2D eigenvalue weighted by molar-refractivity contribution is 5.94. The fraction of sp³-hybridized carbons (Fsp3) is 0.500. The Morgan fingerprint density at radius 1 is 1.38 bits per heavy atom. The first-order valence-electron chi connectivity index (χ1n) is 6.58. The summed E-state index contributed by atoms with van der Waals surface area (Å²) in [5.74, 6) is -0.118. The van der Waals surface area contributed by atoms with Gasteiger partial charge in [0.05, 0.1) is 5.56 Å². The molecule has 118 valence electrons. The number of carbonyl (C=O) groups excluding carboxylic acids is 1. The predicted molar refractivity (Wildman–Crippen MR) is 76.4 cm³/mol. The fourth-order valence-electron chi connectivity index (χ4n) is 2.45. The van der Waals surface area contributed by atoms with Crippen LogP contribution in [-0.4, -0.2) is 30.4 Å². The lowest BCUT2D eigenvalue weighted by molar-refractivity contribution is -0.137. The summed E-state index contributed by atoms with van der Waals surface area (Å²) in [6.07, 6.45) is -2.63. The van der Waals surface area contributed by atoms with Crippen molar-refractivity contribution in [1.29, 1.82) is 0 Å². The van der Waals surface area contributed by atoms with Gasteiger partial charge in [0.2, 0.25) is 0 Å². The van der Waals surface area contributed by atoms with Gasteiger partial charge in [-0.15, -0.1) is 12.4 Å². The Morgan fingerprint density at radius 3 is 2.71 bits per heavy atom. The second kappa shape index (κ2) is 7.13. The van der Waals surface area contributed by atoms with Crippen LogP contribution in [0.2, 0.25) is 0 Å². The van der Waals surface area contributed by atoms with Gasteiger partial charge in [-0.1, -0.05) is 6.07 Å². The number of rotatable bonds is 2. The van der Waals surface area contributed by atoms with Gasteiger partial charge < -0.3 is 10.6 Å². The molecule has 1 atom stereocenters. The number of amides is 1. The van der Waals surface area contributed by atoms with Gasteiger partial charge in [0.1, 0.15) is 0 Å². The quantitative estimate of drug-likeness (QED) is 0.910. The minimum atomic E-state index is -4.43. The SMILES string of the molecule is Cl.NCC1CCCN(C(=O)c2cccc(C(F)(F)F)c2)C1. The number of halogens is 4. The summed E-state index contributed by atoms with van der Waals surface area (Å²) < 4.78 is 37.9. The van der Waals surface area contributed by atoms with Crippen molar-refractivity contribution >= 4 is 18.3 Å². The van der Waals surface area contributed by atoms with Gasteiger partial charge in [-0.3, -0.25) is 4.79 Å². The maximum absolute atomic E-state index is 12.6. The van der Waals surface area contributed by atoms with Gasteiger partial charge in [0, 0.05) is 18.7 Å². The first kappa shape index (κ1) is 17.8. The number of nitrogens with zero attached hydrogens (tertiary/aromatic N) is 1. The van der Waals surface area contributed by atoms with E-state index >= 15 is 0 Å². The van der Waals surface area contributed by atoms with Crippen LogP contribution in [0.15, 0.2) is 24.3 Å². The number of alkyl halides is 3. The van der Waals surface area contributed by atoms with Crippen molar-refractivity contribution in [2.45, 2.75) is 19.0 Å². The molecule has 1 aliphatic rings. The van der Waals surface area contributed by atoms with E-state index in [-0.39, 0.29) is 29.8 Å². The van der Waals surface area contributed by atoms with Crippen molar-refractivity contribution < 1.29 is 18.0 Å². The largest absolute Gasteiger partial charge is 0.416 e. The molecule has 2 rings (SSSR count). The van der Waals surface area contributed by atoms with Gasteiger partial charge >= 0.3 is 6.18 Å². The number of hydrogen-bond acceptors (Lipinski definition) is 2. The van der Waals surface area contributed by atoms with E-state index in [9.17, 15) is 18.0 Å². The molecule has 1 aromatic rings. The summed E-state index contributed by atoms with van der Waals surface area (Å²) in [7, 11) is 0. The van der Waals surface area contributed by atoms with Crippen LogP contribution in [0.5, 0.6) is 0 Å². The van der Waals surface area contributed by atoms with Gasteiger partial charge in [-0.05, 0) is 43.5 Å². The highest BCUT2D eigenvalue weighted by Crippen LogP contribution is 2.30. The maximum atomic E-state index is 12.6. The van der Waals surface area contributed by atoms with Gasteiger partial charge in [-0.2, -0.15) is 13.2 Å². The topological polar surface area (TPSA) is 46.3 Å². The van der Waals surface area contributed by atoms with E-state index in [2.05, 4.69) is 0 Å². The van der Waals surface area contributed by atoms with E-state index in [4.69, 9.17) is 5.73 Å². The van der Waals surface area contributed by atoms with E-state index in [0.717, 1.165) is 25.0 Å². The number of nitrogens with two attached hydrogens (primary N) is 1. The van der Waals surface area contributed by atoms with E-state index in [0.29, 0.717) is 19.6 Å². The summed E-state index contributed by atoms with van der Waals surface area (Å²) >= 11 is 0. The lowest BCUT2D eigenvalue weighted by atomic mass is 9.97. The third-order valence-corrected chi connectivity index (χ3v) is 3.58. The Balaban J connectivity index is 0.00000220. The normalized spacial score (nSPS) is 19.0. The zero-order chi connectivity index (χ0) is 14.8. The van der Waals surface area contributed by atoms with Crippen molar-refractivity contribution in [3.63, 3.8) is 0 Å². The van der Waals surface area contributed by atoms with Gasteiger partial charge in [-0.25, -0.2) is 0 Å². The average molecular weight is 323 g/mol. The Bertz CT molecular complexity index is 493. The summed E-state index contributed by atoms with van der Waals surface area (Å²) in [5, 5.41) is 0. The molecule has 1 aromatic carbocycles. The van der Waals surface area contributed by atoms with Crippen molar-refractivity contribution in [3.05, 3.63) is 35.4 Å². The lowest BCUT2D eigenvalue weighted by Gasteiger charge is -2.32. The minimum absolute atomic E-state index is 0. The van der Waals surface area contributed by atoms with Crippen molar-refractivity contribution in [2.24, 2.45) is 11.7 Å². The molecule has 2 N–H and O–H groups in total. The summed E-state index contributed by atoms with van der Waals surface area (Å²) in [5.41, 5.74) is 4.88. The zero-order valence-corrected chi connectivity index (χ0v) is 12.2. The second-order valence-electron chi connectivity index (χ2n) is 5.07. The van der Waals surface area contributed by atoms with E-state index in [1.165, 1.54) is 12.1 Å². The first-order valence-corrected chi connectivity index (χ1v) is 6.58. The lowest BCUT2D eigenvalue weighted by Crippen LogP contribution is -2.42. The minimum Gasteiger partial charge on any atom is -0.338 e. The number of carbonyl (C=O) groups is 1. The van der Waals surface area contributed by atoms with Gasteiger partial charge in [0.25, 0.3) is 5.91 Å². The highest BCUT2D eigenvalue weighted by atomic mass is 35.5. The van der Waals surface area contributed by atoms with Gasteiger partial charge in [0.15, 0.2) is 0 Å². The van der Waals surface area contributed by atoms with E-state index in [1.807, 2.05) is 0 Å². The highest BCUT2D eigenvalue weighted by Gasteiger charge is 2.31. The van der Waals surface area contributed by atoms with E-state index in [1.54, 1.807) is 4.90 Å². The van der Waals surface area contributed by atoms with Crippen molar-refractivity contribution in [1.82, 2.24) is 4.90 Å². The molecule has 1 amide bonds. The summed E-state index contributed by atoms with van der Waals surface area (Å²) in [6.45, 7) is 1.59. The molecular weight excluding hydrogens is 305 g/mol. The van der Waals surface area contributed by atoms with Crippen LogP contribution in [0.3, 0.4) is 0 Å². The smallest absolute Gasteiger partial charge is 0.338 e. The molecule has 3 nitrogen and oxygen atoms in total. The molecule has 1 saturated heterocycles. The van der Waals surface area contributed by atoms with Crippen LogP contribution >= 0.6 is 12.4 Å². The van der Waals surface area contributed by atoms with Crippen LogP contribution in [0, 0.1) is 5.92 Å². The molecule has 0 saturated carbocycles. The van der Waals surface area contributed by atoms with Crippen LogP contribution in [0.1, 0.15) is 28.8 Å². The molecule has 0 aliphatic carbocycles. The first-order chi connectivity index (χ1) is 9.41. The molecule has 7 heteroatoms. The van der Waals surface area contributed by atoms with Crippen LogP contribution in [0.4, 0.5) is 13.2 Å². The summed E-state index contributed by atoms with van der Waals surface area (Å²) in [4.78, 5) is 13.9. The predicted octanol–water partition coefficient (Wildman–Crippen LogP) is 2.94. The molecule has 1 fully saturated rings. The molecule has 1 heterocycles. The van der Waals surface area contributed by atoms with Crippen LogP contribution in [0.25, 0.3) is 0 Å². The fourth-order valence-corrected chi connectivity index (χ4v) is 2.45. The number of hydrogen-bond donors (Lipinski definition) is 1. The second-order valence-corrected chi connectivity index (χ2v) is 5.07. The third kappa shape index (κ3) is 4.35. The molecule has 1 aliphatic heterocycles. The van der Waals surface area contributed by atoms with Crippen LogP contribution in [-0.2, 0) is 6.18 Å².